The Kier molecular flexibility index (Phi) is 4.76. The van der Waals surface area contributed by atoms with Gasteiger partial charge in [0, 0.05) is 32.1 Å². The summed E-state index contributed by atoms with van der Waals surface area (Å²) in [5.41, 5.74) is 3.47. The molecule has 1 saturated heterocycles. The number of hydrogen-bond donors (Lipinski definition) is 0. The van der Waals surface area contributed by atoms with Gasteiger partial charge in [-0.3, -0.25) is 4.79 Å². The predicted octanol–water partition coefficient (Wildman–Crippen LogP) is 3.49. The number of nitrogens with zero attached hydrogens (tertiary/aromatic N) is 4. The number of carbonyl (C=O) groups is 1. The lowest BCUT2D eigenvalue weighted by atomic mass is 10.1. The Balaban J connectivity index is 1.69. The van der Waals surface area contributed by atoms with Crippen LogP contribution >= 0.6 is 11.6 Å². The Morgan fingerprint density at radius 1 is 1.19 bits per heavy atom. The van der Waals surface area contributed by atoms with Crippen LogP contribution in [0.4, 0.5) is 0 Å². The summed E-state index contributed by atoms with van der Waals surface area (Å²) in [5, 5.41) is 5.47. The summed E-state index contributed by atoms with van der Waals surface area (Å²) in [6.07, 6.45) is 2.23. The molecule has 0 bridgehead atoms. The van der Waals surface area contributed by atoms with E-state index in [9.17, 15) is 4.79 Å². The summed E-state index contributed by atoms with van der Waals surface area (Å²) in [5.74, 6) is 0.534. The monoisotopic (exact) mass is 372 g/mol. The molecular formula is C20H25ClN4O. The van der Waals surface area contributed by atoms with Gasteiger partial charge >= 0.3 is 0 Å². The highest BCUT2D eigenvalue weighted by molar-refractivity contribution is 6.32. The summed E-state index contributed by atoms with van der Waals surface area (Å²) < 4.78 is 1.85. The summed E-state index contributed by atoms with van der Waals surface area (Å²) in [4.78, 5) is 17.7. The van der Waals surface area contributed by atoms with Crippen LogP contribution in [0.15, 0.2) is 24.3 Å². The van der Waals surface area contributed by atoms with E-state index in [0.29, 0.717) is 10.9 Å². The van der Waals surface area contributed by atoms with Gasteiger partial charge in [0.25, 0.3) is 5.91 Å². The second-order valence-corrected chi connectivity index (χ2v) is 7.62. The minimum atomic E-state index is 0.124. The molecule has 1 aromatic heterocycles. The van der Waals surface area contributed by atoms with Gasteiger partial charge in [-0.15, -0.1) is 0 Å². The van der Waals surface area contributed by atoms with E-state index in [0.717, 1.165) is 68.2 Å². The van der Waals surface area contributed by atoms with E-state index in [2.05, 4.69) is 11.8 Å². The maximum Gasteiger partial charge on any atom is 0.257 e. The van der Waals surface area contributed by atoms with E-state index in [1.165, 1.54) is 0 Å². The second-order valence-electron chi connectivity index (χ2n) is 7.21. The number of likely N-dealkylation sites (N-methyl/N-ethyl adjacent to an activating group) is 1. The Morgan fingerprint density at radius 3 is 2.50 bits per heavy atom. The van der Waals surface area contributed by atoms with E-state index in [4.69, 9.17) is 16.7 Å². The minimum Gasteiger partial charge on any atom is -0.336 e. The number of aromatic nitrogens is 2. The highest BCUT2D eigenvalue weighted by Crippen LogP contribution is 2.42. The SMILES string of the molecule is CCN1CCN(C(=O)c2c(C3CC3)nn(-c3ccccc3Cl)c2C)CC1. The number of amides is 1. The molecule has 2 heterocycles. The third kappa shape index (κ3) is 3.14. The average Bonchev–Trinajstić information content (AvgIpc) is 3.45. The average molecular weight is 373 g/mol. The molecule has 0 spiro atoms. The first-order valence-corrected chi connectivity index (χ1v) is 9.84. The molecule has 1 amide bonds. The minimum absolute atomic E-state index is 0.124. The first-order valence-electron chi connectivity index (χ1n) is 9.46. The van der Waals surface area contributed by atoms with Crippen molar-refractivity contribution >= 4 is 17.5 Å². The van der Waals surface area contributed by atoms with Gasteiger partial charge in [0.15, 0.2) is 0 Å². The standard InChI is InChI=1S/C20H25ClN4O/c1-3-23-10-12-24(13-11-23)20(26)18-14(2)25(22-19(18)15-8-9-15)17-7-5-4-6-16(17)21/h4-7,15H,3,8-13H2,1-2H3. The third-order valence-electron chi connectivity index (χ3n) is 5.51. The van der Waals surface area contributed by atoms with E-state index >= 15 is 0 Å². The zero-order chi connectivity index (χ0) is 18.3. The van der Waals surface area contributed by atoms with Crippen LogP contribution in [0.25, 0.3) is 5.69 Å². The third-order valence-corrected chi connectivity index (χ3v) is 5.83. The Morgan fingerprint density at radius 2 is 1.88 bits per heavy atom. The molecule has 1 aliphatic heterocycles. The smallest absolute Gasteiger partial charge is 0.257 e. The van der Waals surface area contributed by atoms with Crippen LogP contribution in [-0.2, 0) is 0 Å². The second kappa shape index (κ2) is 7.05. The summed E-state index contributed by atoms with van der Waals surface area (Å²) in [6.45, 7) is 8.65. The van der Waals surface area contributed by atoms with Crippen molar-refractivity contribution < 1.29 is 4.79 Å². The largest absolute Gasteiger partial charge is 0.336 e. The number of hydrogen-bond acceptors (Lipinski definition) is 3. The van der Waals surface area contributed by atoms with Crippen molar-refractivity contribution in [1.29, 1.82) is 0 Å². The maximum atomic E-state index is 13.3. The summed E-state index contributed by atoms with van der Waals surface area (Å²) >= 11 is 6.39. The van der Waals surface area contributed by atoms with E-state index in [1.807, 2.05) is 40.8 Å². The fraction of sp³-hybridized carbons (Fsp3) is 0.500. The van der Waals surface area contributed by atoms with Crippen LogP contribution in [0.5, 0.6) is 0 Å². The molecule has 26 heavy (non-hydrogen) atoms. The molecular weight excluding hydrogens is 348 g/mol. The van der Waals surface area contributed by atoms with Gasteiger partial charge in [-0.1, -0.05) is 30.7 Å². The fourth-order valence-electron chi connectivity index (χ4n) is 3.71. The zero-order valence-electron chi connectivity index (χ0n) is 15.4. The molecule has 0 radical (unpaired) electrons. The Labute approximate surface area is 159 Å². The van der Waals surface area contributed by atoms with Crippen molar-refractivity contribution in [3.05, 3.63) is 46.2 Å². The number of piperazine rings is 1. The van der Waals surface area contributed by atoms with Crippen molar-refractivity contribution in [3.8, 4) is 5.69 Å². The molecule has 2 fully saturated rings. The first-order chi connectivity index (χ1) is 12.6. The zero-order valence-corrected chi connectivity index (χ0v) is 16.2. The van der Waals surface area contributed by atoms with Crippen LogP contribution in [-0.4, -0.2) is 58.2 Å². The van der Waals surface area contributed by atoms with Gasteiger partial charge in [-0.25, -0.2) is 4.68 Å². The molecule has 1 aromatic carbocycles. The van der Waals surface area contributed by atoms with Crippen molar-refractivity contribution in [2.45, 2.75) is 32.6 Å². The van der Waals surface area contributed by atoms with E-state index in [-0.39, 0.29) is 5.91 Å². The molecule has 0 unspecified atom stereocenters. The van der Waals surface area contributed by atoms with E-state index < -0.39 is 0 Å². The topological polar surface area (TPSA) is 41.4 Å². The molecule has 1 aliphatic carbocycles. The van der Waals surface area contributed by atoms with Crippen molar-refractivity contribution in [1.82, 2.24) is 19.6 Å². The van der Waals surface area contributed by atoms with Gasteiger partial charge in [0.05, 0.1) is 27.7 Å². The fourth-order valence-corrected chi connectivity index (χ4v) is 3.93. The van der Waals surface area contributed by atoms with Gasteiger partial charge < -0.3 is 9.80 Å². The maximum absolute atomic E-state index is 13.3. The predicted molar refractivity (Wildman–Crippen MR) is 103 cm³/mol. The van der Waals surface area contributed by atoms with Gasteiger partial charge in [-0.05, 0) is 38.4 Å². The Hall–Kier alpha value is -1.85. The lowest BCUT2D eigenvalue weighted by Gasteiger charge is -2.34. The lowest BCUT2D eigenvalue weighted by molar-refractivity contribution is 0.0641. The molecule has 6 heteroatoms. The van der Waals surface area contributed by atoms with Crippen LogP contribution in [0.1, 0.15) is 47.4 Å². The number of halogens is 1. The lowest BCUT2D eigenvalue weighted by Crippen LogP contribution is -2.48. The van der Waals surface area contributed by atoms with Crippen LogP contribution in [0.2, 0.25) is 5.02 Å². The highest BCUT2D eigenvalue weighted by atomic mass is 35.5. The summed E-state index contributed by atoms with van der Waals surface area (Å²) in [6, 6.07) is 7.67. The highest BCUT2D eigenvalue weighted by Gasteiger charge is 2.36. The van der Waals surface area contributed by atoms with Crippen molar-refractivity contribution in [3.63, 3.8) is 0 Å². The molecule has 5 nitrogen and oxygen atoms in total. The van der Waals surface area contributed by atoms with Crippen LogP contribution < -0.4 is 0 Å². The Bertz CT molecular complexity index is 819. The first kappa shape index (κ1) is 17.6. The molecule has 4 rings (SSSR count). The number of para-hydroxylation sites is 1. The molecule has 138 valence electrons. The summed E-state index contributed by atoms with van der Waals surface area (Å²) in [7, 11) is 0. The van der Waals surface area contributed by atoms with Crippen LogP contribution in [0.3, 0.4) is 0 Å². The normalized spacial score (nSPS) is 18.3. The van der Waals surface area contributed by atoms with Gasteiger partial charge in [0.1, 0.15) is 0 Å². The quantitative estimate of drug-likeness (QED) is 0.824. The van der Waals surface area contributed by atoms with Crippen molar-refractivity contribution in [2.75, 3.05) is 32.7 Å². The number of rotatable bonds is 4. The number of carbonyl (C=O) groups excluding carboxylic acids is 1. The molecule has 2 aromatic rings. The molecule has 2 aliphatic rings. The molecule has 1 saturated carbocycles. The number of benzene rings is 1. The molecule has 0 atom stereocenters. The van der Waals surface area contributed by atoms with Gasteiger partial charge in [-0.2, -0.15) is 5.10 Å². The van der Waals surface area contributed by atoms with Crippen LogP contribution in [0, 0.1) is 6.92 Å². The molecule has 0 N–H and O–H groups in total. The van der Waals surface area contributed by atoms with Crippen molar-refractivity contribution in [2.24, 2.45) is 0 Å². The van der Waals surface area contributed by atoms with E-state index in [1.54, 1.807) is 0 Å². The van der Waals surface area contributed by atoms with Gasteiger partial charge in [0.2, 0.25) is 0 Å².